The Balaban J connectivity index is 2.59. The summed E-state index contributed by atoms with van der Waals surface area (Å²) in [6, 6.07) is -1.59. The van der Waals surface area contributed by atoms with Gasteiger partial charge in [-0.25, -0.2) is 9.59 Å². The van der Waals surface area contributed by atoms with Crippen LogP contribution in [0.25, 0.3) is 0 Å². The zero-order valence-corrected chi connectivity index (χ0v) is 10.6. The molecule has 0 radical (unpaired) electrons. The molecule has 1 aliphatic heterocycles. The van der Waals surface area contributed by atoms with Crippen LogP contribution in [0.15, 0.2) is 0 Å². The predicted molar refractivity (Wildman–Crippen MR) is 63.2 cm³/mol. The number of morpholine rings is 1. The van der Waals surface area contributed by atoms with Gasteiger partial charge in [0.1, 0.15) is 6.04 Å². The molecule has 104 valence electrons. The first-order chi connectivity index (χ1) is 8.45. The lowest BCUT2D eigenvalue weighted by atomic mass is 10.2. The molecule has 0 saturated carbocycles. The third kappa shape index (κ3) is 3.85. The van der Waals surface area contributed by atoms with Crippen LogP contribution in [0.4, 0.5) is 4.79 Å². The van der Waals surface area contributed by atoms with E-state index in [-0.39, 0.29) is 25.2 Å². The number of hydrogen-bond donors (Lipinski definition) is 3. The number of amides is 2. The van der Waals surface area contributed by atoms with Crippen molar-refractivity contribution in [1.29, 1.82) is 0 Å². The smallest absolute Gasteiger partial charge is 0.326 e. The number of nitrogens with zero attached hydrogens (tertiary/aromatic N) is 1. The zero-order chi connectivity index (χ0) is 13.7. The number of carbonyl (C=O) groups is 2. The van der Waals surface area contributed by atoms with E-state index in [1.54, 1.807) is 4.90 Å². The van der Waals surface area contributed by atoms with Crippen molar-refractivity contribution in [2.75, 3.05) is 19.8 Å². The van der Waals surface area contributed by atoms with Crippen LogP contribution in [0.5, 0.6) is 0 Å². The van der Waals surface area contributed by atoms with E-state index in [4.69, 9.17) is 14.9 Å². The average molecular weight is 260 g/mol. The SMILES string of the molecule is CC1CN(C(=O)N[C@H](CCO)C(=O)O)C(C)CO1. The second kappa shape index (κ2) is 6.55. The summed E-state index contributed by atoms with van der Waals surface area (Å²) in [5.74, 6) is -1.15. The summed E-state index contributed by atoms with van der Waals surface area (Å²) in [4.78, 5) is 24.4. The number of aliphatic hydroxyl groups is 1. The van der Waals surface area contributed by atoms with Crippen LogP contribution in [0.2, 0.25) is 0 Å². The van der Waals surface area contributed by atoms with Crippen LogP contribution in [0.1, 0.15) is 20.3 Å². The lowest BCUT2D eigenvalue weighted by Gasteiger charge is -2.37. The van der Waals surface area contributed by atoms with Crippen molar-refractivity contribution < 1.29 is 24.5 Å². The maximum Gasteiger partial charge on any atom is 0.326 e. The summed E-state index contributed by atoms with van der Waals surface area (Å²) in [5.41, 5.74) is 0. The van der Waals surface area contributed by atoms with Gasteiger partial charge in [0, 0.05) is 19.6 Å². The van der Waals surface area contributed by atoms with Gasteiger partial charge in [-0.2, -0.15) is 0 Å². The summed E-state index contributed by atoms with van der Waals surface area (Å²) < 4.78 is 5.39. The third-order valence-electron chi connectivity index (χ3n) is 2.88. The van der Waals surface area contributed by atoms with Gasteiger partial charge in [-0.05, 0) is 13.8 Å². The highest BCUT2D eigenvalue weighted by Crippen LogP contribution is 2.11. The van der Waals surface area contributed by atoms with Crippen molar-refractivity contribution in [2.45, 2.75) is 38.5 Å². The number of aliphatic carboxylic acids is 1. The molecule has 2 unspecified atom stereocenters. The number of urea groups is 1. The zero-order valence-electron chi connectivity index (χ0n) is 10.6. The molecule has 3 atom stereocenters. The molecule has 2 amide bonds. The third-order valence-corrected chi connectivity index (χ3v) is 2.88. The minimum absolute atomic E-state index is 0.00462. The number of carbonyl (C=O) groups excluding carboxylic acids is 1. The highest BCUT2D eigenvalue weighted by molar-refractivity contribution is 5.82. The van der Waals surface area contributed by atoms with Crippen LogP contribution in [-0.2, 0) is 9.53 Å². The Hall–Kier alpha value is -1.34. The molecule has 0 aromatic rings. The maximum atomic E-state index is 12.0. The van der Waals surface area contributed by atoms with Crippen molar-refractivity contribution in [3.8, 4) is 0 Å². The molecule has 1 fully saturated rings. The van der Waals surface area contributed by atoms with Gasteiger partial charge in [0.2, 0.25) is 0 Å². The van der Waals surface area contributed by atoms with Crippen molar-refractivity contribution >= 4 is 12.0 Å². The molecular weight excluding hydrogens is 240 g/mol. The van der Waals surface area contributed by atoms with Gasteiger partial charge in [-0.15, -0.1) is 0 Å². The number of ether oxygens (including phenoxy) is 1. The van der Waals surface area contributed by atoms with Crippen molar-refractivity contribution in [2.24, 2.45) is 0 Å². The molecule has 1 rings (SSSR count). The first kappa shape index (κ1) is 14.7. The average Bonchev–Trinajstić information content (AvgIpc) is 2.31. The topological polar surface area (TPSA) is 99.1 Å². The number of carboxylic acids is 1. The van der Waals surface area contributed by atoms with Gasteiger partial charge in [0.15, 0.2) is 0 Å². The Bertz CT molecular complexity index is 310. The van der Waals surface area contributed by atoms with E-state index in [0.29, 0.717) is 13.2 Å². The monoisotopic (exact) mass is 260 g/mol. The molecule has 1 heterocycles. The Morgan fingerprint density at radius 2 is 2.17 bits per heavy atom. The Morgan fingerprint density at radius 1 is 1.50 bits per heavy atom. The molecule has 0 aliphatic carbocycles. The van der Waals surface area contributed by atoms with E-state index < -0.39 is 18.0 Å². The quantitative estimate of drug-likeness (QED) is 0.641. The number of hydrogen-bond acceptors (Lipinski definition) is 4. The van der Waals surface area contributed by atoms with E-state index in [9.17, 15) is 9.59 Å². The maximum absolute atomic E-state index is 12.0. The largest absolute Gasteiger partial charge is 0.480 e. The van der Waals surface area contributed by atoms with Crippen molar-refractivity contribution in [3.63, 3.8) is 0 Å². The molecule has 0 aromatic heterocycles. The lowest BCUT2D eigenvalue weighted by molar-refractivity contribution is -0.139. The fourth-order valence-corrected chi connectivity index (χ4v) is 1.80. The van der Waals surface area contributed by atoms with Gasteiger partial charge in [0.05, 0.1) is 18.8 Å². The van der Waals surface area contributed by atoms with Gasteiger partial charge in [-0.3, -0.25) is 0 Å². The van der Waals surface area contributed by atoms with Crippen molar-refractivity contribution in [1.82, 2.24) is 10.2 Å². The summed E-state index contributed by atoms with van der Waals surface area (Å²) >= 11 is 0. The molecule has 3 N–H and O–H groups in total. The Kier molecular flexibility index (Phi) is 5.36. The van der Waals surface area contributed by atoms with Crippen LogP contribution in [0, 0.1) is 0 Å². The highest BCUT2D eigenvalue weighted by Gasteiger charge is 2.30. The Morgan fingerprint density at radius 3 is 2.72 bits per heavy atom. The van der Waals surface area contributed by atoms with Crippen LogP contribution in [-0.4, -0.2) is 65.1 Å². The minimum Gasteiger partial charge on any atom is -0.480 e. The number of nitrogens with one attached hydrogen (secondary N) is 1. The fourth-order valence-electron chi connectivity index (χ4n) is 1.80. The first-order valence-corrected chi connectivity index (χ1v) is 5.98. The predicted octanol–water partition coefficient (Wildman–Crippen LogP) is -0.359. The molecule has 1 aliphatic rings. The van der Waals surface area contributed by atoms with Gasteiger partial charge < -0.3 is 25.2 Å². The number of carboxylic acid groups (broad SMARTS) is 1. The summed E-state index contributed by atoms with van der Waals surface area (Å²) in [5, 5.41) is 20.1. The van der Waals surface area contributed by atoms with Crippen LogP contribution >= 0.6 is 0 Å². The molecule has 18 heavy (non-hydrogen) atoms. The van der Waals surface area contributed by atoms with Gasteiger partial charge in [0.25, 0.3) is 0 Å². The standard InChI is InChI=1S/C11H20N2O5/c1-7-6-18-8(2)5-13(7)11(17)12-9(3-4-14)10(15)16/h7-9,14H,3-6H2,1-2H3,(H,12,17)(H,15,16)/t7?,8?,9-/m1/s1. The molecule has 7 nitrogen and oxygen atoms in total. The summed E-state index contributed by atoms with van der Waals surface area (Å²) in [6.45, 7) is 4.28. The molecular formula is C11H20N2O5. The molecule has 0 aromatic carbocycles. The van der Waals surface area contributed by atoms with Gasteiger partial charge >= 0.3 is 12.0 Å². The summed E-state index contributed by atoms with van der Waals surface area (Å²) in [7, 11) is 0. The van der Waals surface area contributed by atoms with E-state index in [2.05, 4.69) is 5.32 Å². The van der Waals surface area contributed by atoms with E-state index in [0.717, 1.165) is 0 Å². The highest BCUT2D eigenvalue weighted by atomic mass is 16.5. The first-order valence-electron chi connectivity index (χ1n) is 5.98. The number of aliphatic hydroxyl groups excluding tert-OH is 1. The fraction of sp³-hybridized carbons (Fsp3) is 0.818. The normalized spacial score (nSPS) is 25.6. The molecule has 7 heteroatoms. The Labute approximate surface area is 106 Å². The van der Waals surface area contributed by atoms with Crippen LogP contribution < -0.4 is 5.32 Å². The second-order valence-electron chi connectivity index (χ2n) is 4.50. The molecule has 1 saturated heterocycles. The van der Waals surface area contributed by atoms with E-state index in [1.165, 1.54) is 0 Å². The summed E-state index contributed by atoms with van der Waals surface area (Å²) in [6.07, 6.45) is -0.0666. The lowest BCUT2D eigenvalue weighted by Crippen LogP contribution is -2.56. The van der Waals surface area contributed by atoms with Crippen LogP contribution in [0.3, 0.4) is 0 Å². The van der Waals surface area contributed by atoms with E-state index in [1.807, 2.05) is 13.8 Å². The van der Waals surface area contributed by atoms with Crippen molar-refractivity contribution in [3.05, 3.63) is 0 Å². The number of rotatable bonds is 4. The molecule has 0 bridgehead atoms. The second-order valence-corrected chi connectivity index (χ2v) is 4.50. The molecule has 0 spiro atoms. The van der Waals surface area contributed by atoms with Gasteiger partial charge in [-0.1, -0.05) is 0 Å². The minimum atomic E-state index is -1.15. The van der Waals surface area contributed by atoms with E-state index >= 15 is 0 Å².